The zero-order valence-corrected chi connectivity index (χ0v) is 11.5. The summed E-state index contributed by atoms with van der Waals surface area (Å²) in [6.07, 6.45) is 1.07. The lowest BCUT2D eigenvalue weighted by molar-refractivity contribution is 0.392. The molecule has 0 spiro atoms. The summed E-state index contributed by atoms with van der Waals surface area (Å²) in [6, 6.07) is 0.410. The lowest BCUT2D eigenvalue weighted by Crippen LogP contribution is -2.13. The first kappa shape index (κ1) is 13.5. The maximum atomic E-state index is 5.46. The first-order chi connectivity index (χ1) is 9.20. The molecule has 0 bridgehead atoms. The fourth-order valence-corrected chi connectivity index (χ4v) is 1.69. The summed E-state index contributed by atoms with van der Waals surface area (Å²) in [5, 5.41) is 18.1. The van der Waals surface area contributed by atoms with E-state index >= 15 is 0 Å². The Morgan fingerprint density at radius 3 is 2.68 bits per heavy atom. The quantitative estimate of drug-likeness (QED) is 0.737. The standard InChI is InChI=1S/C12H19N5O2/c1-4-5-13-7-11-15-16-12(18-11)14-6-10-8(2)17-19-9(10)3/h13H,4-7H2,1-3H3,(H,14,16). The third kappa shape index (κ3) is 3.54. The lowest BCUT2D eigenvalue weighted by Gasteiger charge is -2.00. The molecule has 7 nitrogen and oxygen atoms in total. The van der Waals surface area contributed by atoms with E-state index < -0.39 is 0 Å². The largest absolute Gasteiger partial charge is 0.407 e. The molecule has 7 heteroatoms. The molecule has 104 valence electrons. The van der Waals surface area contributed by atoms with Crippen LogP contribution in [0.15, 0.2) is 8.94 Å². The van der Waals surface area contributed by atoms with E-state index in [1.165, 1.54) is 0 Å². The third-order valence-corrected chi connectivity index (χ3v) is 2.77. The molecule has 0 aliphatic carbocycles. The van der Waals surface area contributed by atoms with Crippen molar-refractivity contribution in [3.63, 3.8) is 0 Å². The van der Waals surface area contributed by atoms with E-state index in [4.69, 9.17) is 8.94 Å². The van der Waals surface area contributed by atoms with Crippen molar-refractivity contribution in [1.29, 1.82) is 0 Å². The molecule has 0 saturated heterocycles. The smallest absolute Gasteiger partial charge is 0.315 e. The van der Waals surface area contributed by atoms with Crippen molar-refractivity contribution in [3.05, 3.63) is 22.9 Å². The van der Waals surface area contributed by atoms with E-state index in [0.717, 1.165) is 30.0 Å². The lowest BCUT2D eigenvalue weighted by atomic mass is 10.2. The Morgan fingerprint density at radius 2 is 2.00 bits per heavy atom. The van der Waals surface area contributed by atoms with Gasteiger partial charge in [0, 0.05) is 12.1 Å². The van der Waals surface area contributed by atoms with Gasteiger partial charge >= 0.3 is 6.01 Å². The van der Waals surface area contributed by atoms with E-state index in [1.54, 1.807) is 0 Å². The van der Waals surface area contributed by atoms with Gasteiger partial charge in [0.2, 0.25) is 5.89 Å². The number of aromatic nitrogens is 3. The summed E-state index contributed by atoms with van der Waals surface area (Å²) < 4.78 is 10.5. The minimum Gasteiger partial charge on any atom is -0.407 e. The van der Waals surface area contributed by atoms with E-state index in [-0.39, 0.29) is 0 Å². The van der Waals surface area contributed by atoms with Crippen LogP contribution in [0.3, 0.4) is 0 Å². The average Bonchev–Trinajstić information content (AvgIpc) is 2.96. The number of anilines is 1. The monoisotopic (exact) mass is 265 g/mol. The summed E-state index contributed by atoms with van der Waals surface area (Å²) in [6.45, 7) is 7.98. The van der Waals surface area contributed by atoms with Crippen LogP contribution in [-0.2, 0) is 13.1 Å². The van der Waals surface area contributed by atoms with Crippen molar-refractivity contribution < 1.29 is 8.94 Å². The molecule has 0 saturated carbocycles. The zero-order chi connectivity index (χ0) is 13.7. The number of rotatable bonds is 7. The minimum absolute atomic E-state index is 0.410. The van der Waals surface area contributed by atoms with E-state index in [0.29, 0.717) is 25.0 Å². The Morgan fingerprint density at radius 1 is 1.16 bits per heavy atom. The highest BCUT2D eigenvalue weighted by Gasteiger charge is 2.10. The molecule has 0 aliphatic rings. The molecule has 2 heterocycles. The number of nitrogens with one attached hydrogen (secondary N) is 2. The van der Waals surface area contributed by atoms with Gasteiger partial charge in [-0.2, -0.15) is 0 Å². The molecule has 19 heavy (non-hydrogen) atoms. The highest BCUT2D eigenvalue weighted by Crippen LogP contribution is 2.14. The first-order valence-electron chi connectivity index (χ1n) is 6.39. The molecular formula is C12H19N5O2. The van der Waals surface area contributed by atoms with Crippen LogP contribution in [0, 0.1) is 13.8 Å². The second kappa shape index (κ2) is 6.33. The second-order valence-electron chi connectivity index (χ2n) is 4.33. The molecule has 0 radical (unpaired) electrons. The Hall–Kier alpha value is -1.89. The zero-order valence-electron chi connectivity index (χ0n) is 11.5. The van der Waals surface area contributed by atoms with Crippen molar-refractivity contribution in [3.8, 4) is 0 Å². The summed E-state index contributed by atoms with van der Waals surface area (Å²) in [5.41, 5.74) is 1.89. The molecule has 2 rings (SSSR count). The van der Waals surface area contributed by atoms with Gasteiger partial charge in [-0.25, -0.2) is 0 Å². The minimum atomic E-state index is 0.410. The molecule has 2 N–H and O–H groups in total. The molecule has 0 amide bonds. The molecule has 2 aromatic rings. The topological polar surface area (TPSA) is 89.0 Å². The van der Waals surface area contributed by atoms with Gasteiger partial charge in [0.1, 0.15) is 5.76 Å². The van der Waals surface area contributed by atoms with Crippen LogP contribution < -0.4 is 10.6 Å². The van der Waals surface area contributed by atoms with Gasteiger partial charge in [0.25, 0.3) is 0 Å². The van der Waals surface area contributed by atoms with Crippen LogP contribution >= 0.6 is 0 Å². The normalized spacial score (nSPS) is 10.9. The Balaban J connectivity index is 1.86. The van der Waals surface area contributed by atoms with Crippen molar-refractivity contribution in [2.45, 2.75) is 40.3 Å². The van der Waals surface area contributed by atoms with Gasteiger partial charge in [-0.3, -0.25) is 0 Å². The molecule has 2 aromatic heterocycles. The van der Waals surface area contributed by atoms with Crippen LogP contribution in [0.5, 0.6) is 0 Å². The Bertz CT molecular complexity index is 500. The van der Waals surface area contributed by atoms with Crippen molar-refractivity contribution in [2.75, 3.05) is 11.9 Å². The van der Waals surface area contributed by atoms with Gasteiger partial charge < -0.3 is 19.6 Å². The molecule has 0 atom stereocenters. The highest BCUT2D eigenvalue weighted by molar-refractivity contribution is 5.27. The predicted molar refractivity (Wildman–Crippen MR) is 69.6 cm³/mol. The number of nitrogens with zero attached hydrogens (tertiary/aromatic N) is 3. The fourth-order valence-electron chi connectivity index (χ4n) is 1.69. The van der Waals surface area contributed by atoms with Crippen LogP contribution in [-0.4, -0.2) is 21.9 Å². The fraction of sp³-hybridized carbons (Fsp3) is 0.583. The molecule has 0 fully saturated rings. The summed E-state index contributed by atoms with van der Waals surface area (Å²) in [7, 11) is 0. The van der Waals surface area contributed by atoms with Gasteiger partial charge in [0.15, 0.2) is 0 Å². The number of hydrogen-bond acceptors (Lipinski definition) is 7. The maximum Gasteiger partial charge on any atom is 0.315 e. The molecular weight excluding hydrogens is 246 g/mol. The number of aryl methyl sites for hydroxylation is 2. The van der Waals surface area contributed by atoms with Crippen molar-refractivity contribution in [1.82, 2.24) is 20.7 Å². The van der Waals surface area contributed by atoms with E-state index in [9.17, 15) is 0 Å². The predicted octanol–water partition coefficient (Wildman–Crippen LogP) is 1.79. The van der Waals surface area contributed by atoms with Gasteiger partial charge in [-0.15, -0.1) is 5.10 Å². The van der Waals surface area contributed by atoms with Gasteiger partial charge in [-0.1, -0.05) is 17.2 Å². The summed E-state index contributed by atoms with van der Waals surface area (Å²) in [5.74, 6) is 1.38. The van der Waals surface area contributed by atoms with E-state index in [1.807, 2.05) is 13.8 Å². The highest BCUT2D eigenvalue weighted by atomic mass is 16.5. The SMILES string of the molecule is CCCNCc1nnc(NCc2c(C)noc2C)o1. The third-order valence-electron chi connectivity index (χ3n) is 2.77. The van der Waals surface area contributed by atoms with Crippen LogP contribution in [0.1, 0.15) is 36.3 Å². The Kier molecular flexibility index (Phi) is 4.51. The summed E-state index contributed by atoms with van der Waals surface area (Å²) >= 11 is 0. The Labute approximate surface area is 111 Å². The summed E-state index contributed by atoms with van der Waals surface area (Å²) in [4.78, 5) is 0. The average molecular weight is 265 g/mol. The van der Waals surface area contributed by atoms with Crippen molar-refractivity contribution in [2.24, 2.45) is 0 Å². The second-order valence-corrected chi connectivity index (χ2v) is 4.33. The molecule has 0 aliphatic heterocycles. The van der Waals surface area contributed by atoms with Gasteiger partial charge in [0.05, 0.1) is 12.2 Å². The molecule has 0 aromatic carbocycles. The van der Waals surface area contributed by atoms with Crippen LogP contribution in [0.4, 0.5) is 6.01 Å². The molecule has 0 unspecified atom stereocenters. The van der Waals surface area contributed by atoms with Gasteiger partial charge in [-0.05, 0) is 26.8 Å². The number of hydrogen-bond donors (Lipinski definition) is 2. The van der Waals surface area contributed by atoms with Crippen LogP contribution in [0.25, 0.3) is 0 Å². The van der Waals surface area contributed by atoms with E-state index in [2.05, 4.69) is 32.9 Å². The van der Waals surface area contributed by atoms with Crippen LogP contribution in [0.2, 0.25) is 0 Å². The maximum absolute atomic E-state index is 5.46. The van der Waals surface area contributed by atoms with Crippen molar-refractivity contribution >= 4 is 6.01 Å². The first-order valence-corrected chi connectivity index (χ1v) is 6.39.